The van der Waals surface area contributed by atoms with Crippen LogP contribution in [0.5, 0.6) is 0 Å². The standard InChI is InChI=1S/C33H37NO7/c35-20-26-28(37)29(38)27(36)25(41-26)19-21-11-13-22(14-12-21)30-32(31(39)34(30)24-9-5-2-6-10-24)15-17-33(40,18-16-32)23-7-3-1-4-8-23/h1-14,25-30,35-38,40H,15-20H2/t25-,26?,27?,28+,29+,30+,32?,33?/m0/s1. The van der Waals surface area contributed by atoms with E-state index in [1.54, 1.807) is 0 Å². The van der Waals surface area contributed by atoms with Crippen molar-refractivity contribution < 1.29 is 35.1 Å². The molecule has 41 heavy (non-hydrogen) atoms. The van der Waals surface area contributed by atoms with Crippen molar-refractivity contribution in [3.63, 3.8) is 0 Å². The van der Waals surface area contributed by atoms with Crippen LogP contribution in [-0.2, 0) is 21.6 Å². The zero-order valence-electron chi connectivity index (χ0n) is 22.8. The minimum atomic E-state index is -1.41. The zero-order chi connectivity index (χ0) is 28.8. The highest BCUT2D eigenvalue weighted by molar-refractivity contribution is 6.06. The Morgan fingerprint density at radius 3 is 1.95 bits per heavy atom. The van der Waals surface area contributed by atoms with Crippen LogP contribution in [0.2, 0.25) is 0 Å². The number of nitrogens with zero attached hydrogens (tertiary/aromatic N) is 1. The summed E-state index contributed by atoms with van der Waals surface area (Å²) >= 11 is 0. The van der Waals surface area contributed by atoms with E-state index in [0.29, 0.717) is 25.7 Å². The number of amides is 1. The summed E-state index contributed by atoms with van der Waals surface area (Å²) in [5.74, 6) is 0.0780. The Morgan fingerprint density at radius 2 is 1.34 bits per heavy atom. The van der Waals surface area contributed by atoms with Crippen molar-refractivity contribution in [2.24, 2.45) is 5.41 Å². The number of aliphatic hydroxyl groups excluding tert-OH is 4. The van der Waals surface area contributed by atoms with Crippen molar-refractivity contribution in [2.45, 2.75) is 74.3 Å². The zero-order valence-corrected chi connectivity index (χ0v) is 22.8. The molecule has 6 rings (SSSR count). The first-order valence-corrected chi connectivity index (χ1v) is 14.3. The SMILES string of the molecule is O=C1N(c2ccccc2)[C@H](c2ccc(C[C@@H]3OC(CO)[C@@H](O)[C@H](O)C3O)cc2)C12CCC(O)(c1ccccc1)CC2. The number of ether oxygens (including phenoxy) is 1. The molecule has 0 bridgehead atoms. The molecule has 2 aliphatic heterocycles. The maximum Gasteiger partial charge on any atom is 0.236 e. The van der Waals surface area contributed by atoms with Gasteiger partial charge in [-0.15, -0.1) is 0 Å². The Hall–Kier alpha value is -3.11. The lowest BCUT2D eigenvalue weighted by Gasteiger charge is -2.59. The van der Waals surface area contributed by atoms with Crippen LogP contribution >= 0.6 is 0 Å². The Balaban J connectivity index is 1.25. The van der Waals surface area contributed by atoms with Crippen molar-refractivity contribution in [3.05, 3.63) is 102 Å². The van der Waals surface area contributed by atoms with Gasteiger partial charge in [-0.1, -0.05) is 72.8 Å². The molecule has 5 N–H and O–H groups in total. The van der Waals surface area contributed by atoms with Crippen LogP contribution < -0.4 is 4.90 Å². The molecule has 8 heteroatoms. The van der Waals surface area contributed by atoms with E-state index in [1.807, 2.05) is 89.8 Å². The fraction of sp³-hybridized carbons (Fsp3) is 0.424. The van der Waals surface area contributed by atoms with Gasteiger partial charge in [0.05, 0.1) is 29.8 Å². The predicted octanol–water partition coefficient (Wildman–Crippen LogP) is 2.61. The van der Waals surface area contributed by atoms with Gasteiger partial charge in [-0.25, -0.2) is 0 Å². The van der Waals surface area contributed by atoms with Gasteiger partial charge in [-0.2, -0.15) is 0 Å². The fourth-order valence-corrected chi connectivity index (χ4v) is 7.03. The maximum absolute atomic E-state index is 13.9. The first-order valence-electron chi connectivity index (χ1n) is 14.3. The van der Waals surface area contributed by atoms with E-state index in [-0.39, 0.29) is 18.4 Å². The van der Waals surface area contributed by atoms with Gasteiger partial charge in [-0.3, -0.25) is 4.79 Å². The summed E-state index contributed by atoms with van der Waals surface area (Å²) < 4.78 is 5.69. The number of β-lactam (4-membered cyclic amide) rings is 1. The van der Waals surface area contributed by atoms with Crippen molar-refractivity contribution in [2.75, 3.05) is 11.5 Å². The van der Waals surface area contributed by atoms with Crippen LogP contribution in [0, 0.1) is 5.41 Å². The molecule has 1 amide bonds. The van der Waals surface area contributed by atoms with Crippen LogP contribution in [0.1, 0.15) is 48.4 Å². The molecule has 0 aromatic heterocycles. The highest BCUT2D eigenvalue weighted by Crippen LogP contribution is 2.61. The number of hydrogen-bond acceptors (Lipinski definition) is 7. The molecule has 1 aliphatic carbocycles. The van der Waals surface area contributed by atoms with Gasteiger partial charge >= 0.3 is 0 Å². The molecule has 0 radical (unpaired) electrons. The Bertz CT molecular complexity index is 1340. The highest BCUT2D eigenvalue weighted by atomic mass is 16.5. The van der Waals surface area contributed by atoms with E-state index in [2.05, 4.69) is 0 Å². The van der Waals surface area contributed by atoms with Crippen LogP contribution in [0.4, 0.5) is 5.69 Å². The molecule has 3 fully saturated rings. The van der Waals surface area contributed by atoms with Gasteiger partial charge in [0.2, 0.25) is 5.91 Å². The largest absolute Gasteiger partial charge is 0.394 e. The summed E-state index contributed by atoms with van der Waals surface area (Å²) in [6.07, 6.45) is -3.42. The summed E-state index contributed by atoms with van der Waals surface area (Å²) in [5, 5.41) is 51.7. The van der Waals surface area contributed by atoms with Crippen molar-refractivity contribution >= 4 is 11.6 Å². The summed E-state index contributed by atoms with van der Waals surface area (Å²) in [4.78, 5) is 15.7. The molecular formula is C33H37NO7. The quantitative estimate of drug-likeness (QED) is 0.294. The number of carbonyl (C=O) groups excluding carboxylic acids is 1. The summed E-state index contributed by atoms with van der Waals surface area (Å²) in [5.41, 5.74) is 1.98. The minimum Gasteiger partial charge on any atom is -0.394 e. The smallest absolute Gasteiger partial charge is 0.236 e. The fourth-order valence-electron chi connectivity index (χ4n) is 7.03. The monoisotopic (exact) mass is 559 g/mol. The normalized spacial score (nSPS) is 35.3. The second kappa shape index (κ2) is 10.9. The van der Waals surface area contributed by atoms with E-state index in [0.717, 1.165) is 22.4 Å². The van der Waals surface area contributed by atoms with Crippen LogP contribution in [0.3, 0.4) is 0 Å². The third-order valence-corrected chi connectivity index (χ3v) is 9.46. The number of benzene rings is 3. The van der Waals surface area contributed by atoms with Gasteiger partial charge in [0.15, 0.2) is 0 Å². The average Bonchev–Trinajstić information content (AvgIpc) is 3.01. The second-order valence-electron chi connectivity index (χ2n) is 11.8. The summed E-state index contributed by atoms with van der Waals surface area (Å²) in [7, 11) is 0. The Morgan fingerprint density at radius 1 is 0.756 bits per heavy atom. The van der Waals surface area contributed by atoms with Gasteiger partial charge in [0, 0.05) is 12.1 Å². The molecule has 2 saturated heterocycles. The number of para-hydroxylation sites is 1. The molecule has 3 aliphatic rings. The Kier molecular flexibility index (Phi) is 7.48. The minimum absolute atomic E-state index is 0.0780. The second-order valence-corrected chi connectivity index (χ2v) is 11.8. The average molecular weight is 560 g/mol. The van der Waals surface area contributed by atoms with E-state index < -0.39 is 48.1 Å². The van der Waals surface area contributed by atoms with E-state index in [1.165, 1.54) is 0 Å². The third-order valence-electron chi connectivity index (χ3n) is 9.46. The first-order chi connectivity index (χ1) is 19.8. The lowest BCUT2D eigenvalue weighted by Crippen LogP contribution is -2.65. The van der Waals surface area contributed by atoms with Crippen molar-refractivity contribution in [1.29, 1.82) is 0 Å². The molecule has 3 aromatic carbocycles. The number of anilines is 1. The lowest BCUT2D eigenvalue weighted by molar-refractivity contribution is -0.228. The van der Waals surface area contributed by atoms with Crippen LogP contribution in [-0.4, -0.2) is 68.6 Å². The third kappa shape index (κ3) is 4.78. The van der Waals surface area contributed by atoms with Gasteiger partial charge in [0.1, 0.15) is 24.4 Å². The molecular weight excluding hydrogens is 522 g/mol. The molecule has 2 heterocycles. The van der Waals surface area contributed by atoms with E-state index in [4.69, 9.17) is 4.74 Å². The van der Waals surface area contributed by atoms with Gasteiger partial charge < -0.3 is 35.2 Å². The lowest BCUT2D eigenvalue weighted by atomic mass is 9.56. The predicted molar refractivity (Wildman–Crippen MR) is 152 cm³/mol. The van der Waals surface area contributed by atoms with Crippen LogP contribution in [0.25, 0.3) is 0 Å². The number of aliphatic hydroxyl groups is 5. The molecule has 2 unspecified atom stereocenters. The van der Waals surface area contributed by atoms with E-state index in [9.17, 15) is 30.3 Å². The van der Waals surface area contributed by atoms with Gasteiger partial charge in [0.25, 0.3) is 0 Å². The molecule has 6 atom stereocenters. The van der Waals surface area contributed by atoms with Crippen molar-refractivity contribution in [1.82, 2.24) is 0 Å². The highest BCUT2D eigenvalue weighted by Gasteiger charge is 2.63. The van der Waals surface area contributed by atoms with Gasteiger partial charge in [-0.05, 0) is 54.5 Å². The number of rotatable bonds is 6. The molecule has 216 valence electrons. The first kappa shape index (κ1) is 28.0. The topological polar surface area (TPSA) is 131 Å². The molecule has 3 aromatic rings. The van der Waals surface area contributed by atoms with E-state index >= 15 is 0 Å². The summed E-state index contributed by atoms with van der Waals surface area (Å²) in [6.45, 7) is -0.465. The number of carbonyl (C=O) groups is 1. The maximum atomic E-state index is 13.9. The molecule has 8 nitrogen and oxygen atoms in total. The Labute approximate surface area is 239 Å². The summed E-state index contributed by atoms with van der Waals surface area (Å²) in [6, 6.07) is 27.0. The molecule has 1 spiro atoms. The molecule has 1 saturated carbocycles. The van der Waals surface area contributed by atoms with Crippen LogP contribution in [0.15, 0.2) is 84.9 Å². The number of hydrogen-bond donors (Lipinski definition) is 5. The van der Waals surface area contributed by atoms with Crippen molar-refractivity contribution in [3.8, 4) is 0 Å².